The molecule has 29 heavy (non-hydrogen) atoms. The van der Waals surface area contributed by atoms with Crippen LogP contribution in [-0.4, -0.2) is 31.6 Å². The predicted molar refractivity (Wildman–Crippen MR) is 106 cm³/mol. The maximum atomic E-state index is 12.1. The van der Waals surface area contributed by atoms with Gasteiger partial charge in [0.2, 0.25) is 0 Å². The first kappa shape index (κ1) is 19.0. The van der Waals surface area contributed by atoms with Gasteiger partial charge in [-0.3, -0.25) is 9.36 Å². The average molecular weight is 410 g/mol. The maximum absolute atomic E-state index is 12.1. The Kier molecular flexibility index (Phi) is 5.76. The van der Waals surface area contributed by atoms with E-state index >= 15 is 0 Å². The second-order valence-corrected chi connectivity index (χ2v) is 6.97. The second kappa shape index (κ2) is 8.78. The van der Waals surface area contributed by atoms with Crippen LogP contribution in [0.1, 0.15) is 12.6 Å². The van der Waals surface area contributed by atoms with Crippen molar-refractivity contribution in [3.8, 4) is 22.9 Å². The van der Waals surface area contributed by atoms with Crippen LogP contribution in [0.15, 0.2) is 68.9 Å². The van der Waals surface area contributed by atoms with Gasteiger partial charge in [0.25, 0.3) is 0 Å². The summed E-state index contributed by atoms with van der Waals surface area (Å²) in [4.78, 5) is 12.1. The van der Waals surface area contributed by atoms with Gasteiger partial charge in [-0.05, 0) is 19.1 Å². The van der Waals surface area contributed by atoms with Crippen molar-refractivity contribution >= 4 is 17.7 Å². The SMILES string of the molecule is CCn1c(SCC(=O)OCc2cc(-c3ccccc3)on2)nnc1-c1ccco1. The molecular weight excluding hydrogens is 392 g/mol. The summed E-state index contributed by atoms with van der Waals surface area (Å²) in [6, 6.07) is 15.0. The molecule has 0 aliphatic heterocycles. The van der Waals surface area contributed by atoms with E-state index in [0.29, 0.717) is 34.7 Å². The third-order valence-electron chi connectivity index (χ3n) is 4.09. The fourth-order valence-electron chi connectivity index (χ4n) is 2.71. The van der Waals surface area contributed by atoms with Gasteiger partial charge in [-0.25, -0.2) is 0 Å². The first-order valence-corrected chi connectivity index (χ1v) is 9.99. The number of esters is 1. The molecule has 0 saturated carbocycles. The van der Waals surface area contributed by atoms with Crippen molar-refractivity contribution in [3.63, 3.8) is 0 Å². The van der Waals surface area contributed by atoms with E-state index in [2.05, 4.69) is 15.4 Å². The summed E-state index contributed by atoms with van der Waals surface area (Å²) >= 11 is 1.26. The molecule has 8 nitrogen and oxygen atoms in total. The molecule has 0 saturated heterocycles. The predicted octanol–water partition coefficient (Wildman–Crippen LogP) is 4.05. The van der Waals surface area contributed by atoms with E-state index in [0.717, 1.165) is 5.56 Å². The van der Waals surface area contributed by atoms with Crippen LogP contribution in [0, 0.1) is 0 Å². The highest BCUT2D eigenvalue weighted by Crippen LogP contribution is 2.24. The molecule has 0 radical (unpaired) electrons. The van der Waals surface area contributed by atoms with Crippen LogP contribution in [0.2, 0.25) is 0 Å². The molecule has 3 heterocycles. The van der Waals surface area contributed by atoms with Crippen molar-refractivity contribution in [1.29, 1.82) is 0 Å². The normalized spacial score (nSPS) is 10.9. The third kappa shape index (κ3) is 4.40. The number of ether oxygens (including phenoxy) is 1. The molecule has 1 aromatic carbocycles. The van der Waals surface area contributed by atoms with E-state index in [1.54, 1.807) is 18.4 Å². The van der Waals surface area contributed by atoms with Crippen LogP contribution < -0.4 is 0 Å². The van der Waals surface area contributed by atoms with Gasteiger partial charge < -0.3 is 13.7 Å². The Morgan fingerprint density at radius 3 is 2.76 bits per heavy atom. The number of hydrogen-bond donors (Lipinski definition) is 0. The highest BCUT2D eigenvalue weighted by Gasteiger charge is 2.17. The van der Waals surface area contributed by atoms with E-state index in [-0.39, 0.29) is 18.3 Å². The zero-order valence-corrected chi connectivity index (χ0v) is 16.5. The van der Waals surface area contributed by atoms with E-state index in [9.17, 15) is 4.79 Å². The van der Waals surface area contributed by atoms with Gasteiger partial charge in [-0.1, -0.05) is 47.3 Å². The molecule has 9 heteroatoms. The lowest BCUT2D eigenvalue weighted by Crippen LogP contribution is -2.08. The second-order valence-electron chi connectivity index (χ2n) is 6.03. The van der Waals surface area contributed by atoms with Crippen LogP contribution in [-0.2, 0) is 22.7 Å². The topological polar surface area (TPSA) is 96.2 Å². The lowest BCUT2D eigenvalue weighted by molar-refractivity contribution is -0.141. The van der Waals surface area contributed by atoms with Crippen LogP contribution in [0.3, 0.4) is 0 Å². The lowest BCUT2D eigenvalue weighted by Gasteiger charge is -2.05. The van der Waals surface area contributed by atoms with Gasteiger partial charge in [0.1, 0.15) is 12.3 Å². The standard InChI is InChI=1S/C20H18N4O4S/c1-2-24-19(16-9-6-10-26-16)21-22-20(24)29-13-18(25)27-12-15-11-17(28-23-15)14-7-4-3-5-8-14/h3-11H,2,12-13H2,1H3. The Labute approximate surface area is 170 Å². The summed E-state index contributed by atoms with van der Waals surface area (Å²) in [7, 11) is 0. The molecule has 148 valence electrons. The smallest absolute Gasteiger partial charge is 0.316 e. The number of benzene rings is 1. The number of rotatable bonds is 8. The number of thioether (sulfide) groups is 1. The largest absolute Gasteiger partial charge is 0.461 e. The summed E-state index contributed by atoms with van der Waals surface area (Å²) in [5.74, 6) is 1.63. The Hall–Kier alpha value is -3.33. The van der Waals surface area contributed by atoms with Gasteiger partial charge in [0, 0.05) is 18.2 Å². The molecule has 0 aliphatic rings. The molecule has 0 N–H and O–H groups in total. The number of nitrogens with zero attached hydrogens (tertiary/aromatic N) is 4. The Morgan fingerprint density at radius 1 is 1.14 bits per heavy atom. The van der Waals surface area contributed by atoms with Gasteiger partial charge in [-0.2, -0.15) is 0 Å². The van der Waals surface area contributed by atoms with Gasteiger partial charge in [0.05, 0.1) is 12.0 Å². The molecule has 0 atom stereocenters. The molecule has 0 spiro atoms. The van der Waals surface area contributed by atoms with Crippen LogP contribution >= 0.6 is 11.8 Å². The highest BCUT2D eigenvalue weighted by atomic mass is 32.2. The first-order chi connectivity index (χ1) is 14.2. The minimum atomic E-state index is -0.371. The van der Waals surface area contributed by atoms with Crippen molar-refractivity contribution < 1.29 is 18.5 Å². The summed E-state index contributed by atoms with van der Waals surface area (Å²) in [5.41, 5.74) is 1.47. The minimum Gasteiger partial charge on any atom is -0.461 e. The van der Waals surface area contributed by atoms with Crippen molar-refractivity contribution in [2.24, 2.45) is 0 Å². The van der Waals surface area contributed by atoms with Crippen molar-refractivity contribution in [1.82, 2.24) is 19.9 Å². The molecular formula is C20H18N4O4S. The quantitative estimate of drug-likeness (QED) is 0.317. The zero-order chi connectivity index (χ0) is 20.1. The number of carbonyl (C=O) groups excluding carboxylic acids is 1. The van der Waals surface area contributed by atoms with E-state index in [1.807, 2.05) is 47.9 Å². The van der Waals surface area contributed by atoms with Gasteiger partial charge in [-0.15, -0.1) is 10.2 Å². The summed E-state index contributed by atoms with van der Waals surface area (Å²) < 4.78 is 17.9. The molecule has 0 unspecified atom stereocenters. The van der Waals surface area contributed by atoms with Gasteiger partial charge >= 0.3 is 5.97 Å². The number of furan rings is 1. The van der Waals surface area contributed by atoms with Gasteiger partial charge in [0.15, 0.2) is 22.5 Å². The average Bonchev–Trinajstić information content (AvgIpc) is 3.51. The van der Waals surface area contributed by atoms with Crippen molar-refractivity contribution in [3.05, 3.63) is 60.5 Å². The zero-order valence-electron chi connectivity index (χ0n) is 15.6. The molecule has 4 rings (SSSR count). The summed E-state index contributed by atoms with van der Waals surface area (Å²) in [5, 5.41) is 12.9. The minimum absolute atomic E-state index is 0.0494. The number of aromatic nitrogens is 4. The molecule has 0 amide bonds. The Morgan fingerprint density at radius 2 is 2.00 bits per heavy atom. The van der Waals surface area contributed by atoms with Crippen LogP contribution in [0.5, 0.6) is 0 Å². The Bertz CT molecular complexity index is 1070. The summed E-state index contributed by atoms with van der Waals surface area (Å²) in [6.45, 7) is 2.68. The fourth-order valence-corrected chi connectivity index (χ4v) is 3.51. The highest BCUT2D eigenvalue weighted by molar-refractivity contribution is 7.99. The monoisotopic (exact) mass is 410 g/mol. The Balaban J connectivity index is 1.32. The van der Waals surface area contributed by atoms with E-state index in [4.69, 9.17) is 13.7 Å². The van der Waals surface area contributed by atoms with Crippen molar-refractivity contribution in [2.75, 3.05) is 5.75 Å². The lowest BCUT2D eigenvalue weighted by atomic mass is 10.2. The van der Waals surface area contributed by atoms with E-state index in [1.165, 1.54) is 11.8 Å². The molecule has 3 aromatic heterocycles. The van der Waals surface area contributed by atoms with Crippen LogP contribution in [0.4, 0.5) is 0 Å². The third-order valence-corrected chi connectivity index (χ3v) is 5.03. The van der Waals surface area contributed by atoms with E-state index < -0.39 is 0 Å². The molecule has 4 aromatic rings. The van der Waals surface area contributed by atoms with Crippen LogP contribution in [0.25, 0.3) is 22.9 Å². The fraction of sp³-hybridized carbons (Fsp3) is 0.200. The number of hydrogen-bond acceptors (Lipinski definition) is 8. The summed E-state index contributed by atoms with van der Waals surface area (Å²) in [6.07, 6.45) is 1.58. The van der Waals surface area contributed by atoms with Crippen molar-refractivity contribution in [2.45, 2.75) is 25.2 Å². The molecule has 0 bridgehead atoms. The molecule has 0 fully saturated rings. The number of carbonyl (C=O) groups is 1. The first-order valence-electron chi connectivity index (χ1n) is 9.01. The maximum Gasteiger partial charge on any atom is 0.316 e. The molecule has 0 aliphatic carbocycles.